The average molecular weight is 377 g/mol. The number of aromatic nitrogens is 2. The highest BCUT2D eigenvalue weighted by Crippen LogP contribution is 2.39. The van der Waals surface area contributed by atoms with Crippen LogP contribution < -0.4 is 4.74 Å². The molecule has 0 saturated heterocycles. The van der Waals surface area contributed by atoms with Crippen molar-refractivity contribution in [3.05, 3.63) is 58.2 Å². The number of benzene rings is 2. The predicted octanol–water partition coefficient (Wildman–Crippen LogP) is 5.89. The molecule has 0 radical (unpaired) electrons. The van der Waals surface area contributed by atoms with Crippen molar-refractivity contribution in [2.75, 3.05) is 0 Å². The molecule has 3 aromatic rings. The molecule has 0 unspecified atom stereocenters. The highest BCUT2D eigenvalue weighted by atomic mass is 35.5. The molecule has 3 rings (SSSR count). The second kappa shape index (κ2) is 6.07. The summed E-state index contributed by atoms with van der Waals surface area (Å²) in [6.07, 6.45) is -3.44. The molecule has 0 aliphatic rings. The van der Waals surface area contributed by atoms with Gasteiger partial charge in [0.05, 0.1) is 16.1 Å². The van der Waals surface area contributed by atoms with Crippen molar-refractivity contribution in [1.29, 1.82) is 0 Å². The van der Waals surface area contributed by atoms with Crippen LogP contribution in [-0.4, -0.2) is 9.97 Å². The Morgan fingerprint density at radius 2 is 1.75 bits per heavy atom. The number of ether oxygens (including phenoxy) is 1. The molecule has 0 bridgehead atoms. The zero-order valence-electron chi connectivity index (χ0n) is 11.5. The first-order chi connectivity index (χ1) is 11.3. The van der Waals surface area contributed by atoms with Crippen LogP contribution >= 0.6 is 23.2 Å². The molecule has 0 atom stereocenters. The molecule has 0 N–H and O–H groups in total. The quantitative estimate of drug-likeness (QED) is 0.413. The Morgan fingerprint density at radius 3 is 2.42 bits per heavy atom. The van der Waals surface area contributed by atoms with Crippen LogP contribution in [0.4, 0.5) is 17.6 Å². The van der Waals surface area contributed by atoms with Gasteiger partial charge in [-0.05, 0) is 30.3 Å². The molecule has 1 aromatic heterocycles. The number of alkyl halides is 3. The van der Waals surface area contributed by atoms with Crippen molar-refractivity contribution in [3.8, 4) is 11.5 Å². The van der Waals surface area contributed by atoms with Gasteiger partial charge in [0.2, 0.25) is 0 Å². The number of rotatable bonds is 2. The van der Waals surface area contributed by atoms with Crippen molar-refractivity contribution in [2.24, 2.45) is 0 Å². The van der Waals surface area contributed by atoms with Crippen molar-refractivity contribution in [1.82, 2.24) is 9.97 Å². The van der Waals surface area contributed by atoms with Crippen molar-refractivity contribution in [2.45, 2.75) is 6.18 Å². The van der Waals surface area contributed by atoms with Gasteiger partial charge in [0.25, 0.3) is 0 Å². The Labute approximate surface area is 142 Å². The van der Waals surface area contributed by atoms with E-state index in [4.69, 9.17) is 27.9 Å². The van der Waals surface area contributed by atoms with Crippen LogP contribution in [0.2, 0.25) is 10.2 Å². The lowest BCUT2D eigenvalue weighted by atomic mass is 10.2. The average Bonchev–Trinajstić information content (AvgIpc) is 2.50. The number of hydrogen-bond donors (Lipinski definition) is 0. The number of hydrogen-bond acceptors (Lipinski definition) is 3. The number of fused-ring (bicyclic) bond motifs is 1. The Morgan fingerprint density at radius 1 is 1.00 bits per heavy atom. The van der Waals surface area contributed by atoms with Gasteiger partial charge in [0.15, 0.2) is 11.6 Å². The maximum Gasteiger partial charge on any atom is 0.416 e. The molecule has 0 aliphatic heterocycles. The van der Waals surface area contributed by atoms with Crippen molar-refractivity contribution in [3.63, 3.8) is 0 Å². The summed E-state index contributed by atoms with van der Waals surface area (Å²) < 4.78 is 57.1. The van der Waals surface area contributed by atoms with E-state index in [0.29, 0.717) is 23.0 Å². The smallest absolute Gasteiger partial charge is 0.416 e. The molecular formula is C15H6Cl2F4N2O. The Hall–Kier alpha value is -2.12. The van der Waals surface area contributed by atoms with Crippen LogP contribution in [-0.2, 0) is 6.18 Å². The normalized spacial score (nSPS) is 11.8. The fourth-order valence-corrected chi connectivity index (χ4v) is 2.45. The fraction of sp³-hybridized carbons (Fsp3) is 0.0667. The van der Waals surface area contributed by atoms with Crippen LogP contribution in [0.1, 0.15) is 5.56 Å². The molecule has 0 saturated carbocycles. The first kappa shape index (κ1) is 16.7. The number of halogens is 6. The highest BCUT2D eigenvalue weighted by Gasteiger charge is 2.32. The summed E-state index contributed by atoms with van der Waals surface area (Å²) in [4.78, 5) is 7.79. The lowest BCUT2D eigenvalue weighted by molar-refractivity contribution is -0.137. The molecule has 3 nitrogen and oxygen atoms in total. The summed E-state index contributed by atoms with van der Waals surface area (Å²) in [5, 5.41) is 0.0994. The third-order valence-corrected chi connectivity index (χ3v) is 3.69. The highest BCUT2D eigenvalue weighted by molar-refractivity contribution is 6.34. The fourth-order valence-electron chi connectivity index (χ4n) is 2.01. The van der Waals surface area contributed by atoms with Gasteiger partial charge in [-0.15, -0.1) is 0 Å². The summed E-state index contributed by atoms with van der Waals surface area (Å²) in [5.41, 5.74) is -0.673. The van der Waals surface area contributed by atoms with Crippen LogP contribution in [0.5, 0.6) is 11.5 Å². The van der Waals surface area contributed by atoms with Gasteiger partial charge in [0.1, 0.15) is 17.2 Å². The third kappa shape index (κ3) is 3.22. The summed E-state index contributed by atoms with van der Waals surface area (Å²) in [7, 11) is 0. The van der Waals surface area contributed by atoms with E-state index in [1.807, 2.05) is 0 Å². The van der Waals surface area contributed by atoms with E-state index in [9.17, 15) is 17.6 Å². The maximum absolute atomic E-state index is 14.0. The van der Waals surface area contributed by atoms with Gasteiger partial charge in [-0.2, -0.15) is 13.2 Å². The summed E-state index contributed by atoms with van der Waals surface area (Å²) in [5.74, 6) is -1.62. The van der Waals surface area contributed by atoms with E-state index in [-0.39, 0.29) is 10.9 Å². The minimum atomic E-state index is -4.71. The summed E-state index contributed by atoms with van der Waals surface area (Å²) in [6, 6.07) is 5.35. The first-order valence-corrected chi connectivity index (χ1v) is 7.15. The van der Waals surface area contributed by atoms with Crippen LogP contribution in [0.25, 0.3) is 10.9 Å². The Balaban J connectivity index is 2.01. The van der Waals surface area contributed by atoms with Gasteiger partial charge in [0, 0.05) is 5.39 Å². The first-order valence-electron chi connectivity index (χ1n) is 6.40. The molecule has 0 fully saturated rings. The van der Waals surface area contributed by atoms with Crippen molar-refractivity contribution < 1.29 is 22.3 Å². The molecule has 0 aliphatic carbocycles. The van der Waals surface area contributed by atoms with E-state index >= 15 is 0 Å². The van der Waals surface area contributed by atoms with Gasteiger partial charge >= 0.3 is 6.18 Å². The van der Waals surface area contributed by atoms with Crippen LogP contribution in [0, 0.1) is 5.82 Å². The second-order valence-electron chi connectivity index (χ2n) is 4.71. The molecule has 9 heteroatoms. The number of nitrogens with zero attached hydrogens (tertiary/aromatic N) is 2. The monoisotopic (exact) mass is 376 g/mol. The maximum atomic E-state index is 14.0. The Kier molecular flexibility index (Phi) is 4.23. The van der Waals surface area contributed by atoms with Gasteiger partial charge in [-0.3, -0.25) is 0 Å². The lowest BCUT2D eigenvalue weighted by Gasteiger charge is -2.12. The summed E-state index contributed by atoms with van der Waals surface area (Å²) >= 11 is 11.7. The zero-order valence-corrected chi connectivity index (χ0v) is 13.0. The molecule has 0 amide bonds. The van der Waals surface area contributed by atoms with E-state index in [2.05, 4.69) is 9.97 Å². The van der Waals surface area contributed by atoms with Crippen LogP contribution in [0.15, 0.2) is 36.7 Å². The van der Waals surface area contributed by atoms with Crippen molar-refractivity contribution >= 4 is 34.1 Å². The Bertz CT molecular complexity index is 908. The third-order valence-electron chi connectivity index (χ3n) is 3.10. The molecule has 1 heterocycles. The van der Waals surface area contributed by atoms with Gasteiger partial charge < -0.3 is 4.74 Å². The topological polar surface area (TPSA) is 35.0 Å². The lowest BCUT2D eigenvalue weighted by Crippen LogP contribution is -2.06. The van der Waals surface area contributed by atoms with Crippen LogP contribution in [0.3, 0.4) is 0 Å². The van der Waals surface area contributed by atoms with E-state index < -0.39 is 28.3 Å². The summed E-state index contributed by atoms with van der Waals surface area (Å²) in [6.45, 7) is 0. The largest absolute Gasteiger partial charge is 0.453 e. The predicted molar refractivity (Wildman–Crippen MR) is 81.0 cm³/mol. The molecule has 24 heavy (non-hydrogen) atoms. The zero-order chi connectivity index (χ0) is 17.5. The molecule has 0 spiro atoms. The minimum Gasteiger partial charge on any atom is -0.453 e. The van der Waals surface area contributed by atoms with Gasteiger partial charge in [-0.1, -0.05) is 23.2 Å². The van der Waals surface area contributed by atoms with E-state index in [1.165, 1.54) is 18.5 Å². The van der Waals surface area contributed by atoms with E-state index in [0.717, 1.165) is 0 Å². The SMILES string of the molecule is Fc1cc(C(F)(F)F)cc(Cl)c1Oc1ccc2ncnc(Cl)c2c1. The van der Waals surface area contributed by atoms with E-state index in [1.54, 1.807) is 6.07 Å². The molecular weight excluding hydrogens is 371 g/mol. The second-order valence-corrected chi connectivity index (χ2v) is 5.48. The standard InChI is InChI=1S/C15H6Cl2F4N2O/c16-10-3-7(15(19,20)21)4-11(18)13(10)24-8-1-2-12-9(5-8)14(17)23-6-22-12/h1-6H. The molecule has 124 valence electrons. The molecule has 2 aromatic carbocycles. The van der Waals surface area contributed by atoms with Gasteiger partial charge in [-0.25, -0.2) is 14.4 Å². The minimum absolute atomic E-state index is 0.125.